The predicted molar refractivity (Wildman–Crippen MR) is 85.6 cm³/mol. The second kappa shape index (κ2) is 5.87. The van der Waals surface area contributed by atoms with E-state index in [2.05, 4.69) is 26.3 Å². The van der Waals surface area contributed by atoms with Crippen LogP contribution in [0.25, 0.3) is 0 Å². The van der Waals surface area contributed by atoms with E-state index in [0.29, 0.717) is 29.7 Å². The quantitative estimate of drug-likeness (QED) is 0.867. The molecule has 0 spiro atoms. The predicted octanol–water partition coefficient (Wildman–Crippen LogP) is 3.74. The summed E-state index contributed by atoms with van der Waals surface area (Å²) in [5.74, 6) is 0.600. The van der Waals surface area contributed by atoms with E-state index in [1.54, 1.807) is 11.3 Å². The first-order valence-corrected chi connectivity index (χ1v) is 8.36. The van der Waals surface area contributed by atoms with Gasteiger partial charge in [-0.2, -0.15) is 5.10 Å². The molecule has 0 bridgehead atoms. The van der Waals surface area contributed by atoms with E-state index in [1.165, 1.54) is 23.7 Å². The van der Waals surface area contributed by atoms with Crippen molar-refractivity contribution in [3.8, 4) is 0 Å². The molecule has 3 rings (SSSR count). The minimum absolute atomic E-state index is 0.139. The van der Waals surface area contributed by atoms with Crippen LogP contribution in [0.1, 0.15) is 17.7 Å². The normalized spacial score (nSPS) is 14.5. The zero-order chi connectivity index (χ0) is 14.1. The largest absolute Gasteiger partial charge is 0.374 e. The first kappa shape index (κ1) is 14.1. The van der Waals surface area contributed by atoms with Crippen LogP contribution in [-0.2, 0) is 13.1 Å². The van der Waals surface area contributed by atoms with E-state index in [0.717, 1.165) is 8.66 Å². The molecule has 1 N–H and O–H groups in total. The summed E-state index contributed by atoms with van der Waals surface area (Å²) in [4.78, 5) is 13.5. The highest BCUT2D eigenvalue weighted by Crippen LogP contribution is 2.30. The zero-order valence-electron chi connectivity index (χ0n) is 10.6. The molecule has 0 unspecified atom stereocenters. The van der Waals surface area contributed by atoms with Gasteiger partial charge in [0.1, 0.15) is 5.69 Å². The van der Waals surface area contributed by atoms with E-state index in [1.807, 2.05) is 12.1 Å². The van der Waals surface area contributed by atoms with Crippen molar-refractivity contribution in [2.45, 2.75) is 25.9 Å². The molecule has 1 aliphatic rings. The summed E-state index contributed by atoms with van der Waals surface area (Å²) >= 11 is 11.1. The highest BCUT2D eigenvalue weighted by Gasteiger charge is 2.23. The maximum Gasteiger partial charge on any atom is 0.291 e. The monoisotopic (exact) mass is 373 g/mol. The lowest BCUT2D eigenvalue weighted by atomic mass is 10.4. The summed E-state index contributed by atoms with van der Waals surface area (Å²) in [5, 5.41) is 7.61. The van der Waals surface area contributed by atoms with Gasteiger partial charge in [0.2, 0.25) is 0 Å². The third kappa shape index (κ3) is 3.24. The molecule has 106 valence electrons. The van der Waals surface area contributed by atoms with Crippen molar-refractivity contribution in [1.82, 2.24) is 9.78 Å². The third-order valence-electron chi connectivity index (χ3n) is 3.19. The van der Waals surface area contributed by atoms with Crippen molar-refractivity contribution in [3.63, 3.8) is 0 Å². The second-order valence-electron chi connectivity index (χ2n) is 4.86. The molecule has 0 amide bonds. The van der Waals surface area contributed by atoms with Crippen molar-refractivity contribution >= 4 is 44.6 Å². The molecule has 0 aromatic carbocycles. The van der Waals surface area contributed by atoms with Gasteiger partial charge in [-0.05, 0) is 46.8 Å². The smallest absolute Gasteiger partial charge is 0.291 e. The zero-order valence-corrected chi connectivity index (χ0v) is 13.8. The summed E-state index contributed by atoms with van der Waals surface area (Å²) in [6.07, 6.45) is 3.91. The van der Waals surface area contributed by atoms with E-state index < -0.39 is 0 Å². The lowest BCUT2D eigenvalue weighted by Gasteiger charge is -2.09. The van der Waals surface area contributed by atoms with Gasteiger partial charge in [0, 0.05) is 18.0 Å². The Balaban J connectivity index is 1.78. The number of halogens is 2. The number of hydrogen-bond acceptors (Lipinski definition) is 4. The number of rotatable bonds is 5. The Morgan fingerprint density at radius 3 is 2.95 bits per heavy atom. The van der Waals surface area contributed by atoms with Gasteiger partial charge in [-0.1, -0.05) is 11.6 Å². The van der Waals surface area contributed by atoms with E-state index in [4.69, 9.17) is 11.6 Å². The fourth-order valence-electron chi connectivity index (χ4n) is 1.93. The molecule has 0 aliphatic heterocycles. The van der Waals surface area contributed by atoms with Gasteiger partial charge in [0.25, 0.3) is 5.56 Å². The van der Waals surface area contributed by atoms with Crippen LogP contribution < -0.4 is 10.9 Å². The van der Waals surface area contributed by atoms with Crippen LogP contribution in [0.15, 0.2) is 26.9 Å². The maximum atomic E-state index is 12.3. The van der Waals surface area contributed by atoms with Crippen LogP contribution in [-0.4, -0.2) is 9.78 Å². The Bertz CT molecular complexity index is 680. The second-order valence-corrected chi connectivity index (χ2v) is 7.81. The Morgan fingerprint density at radius 2 is 2.30 bits per heavy atom. The van der Waals surface area contributed by atoms with E-state index >= 15 is 0 Å². The number of nitrogens with one attached hydrogen (secondary N) is 1. The molecule has 0 saturated heterocycles. The molecular formula is C13H13BrClN3OS. The molecule has 2 aromatic rings. The molecule has 20 heavy (non-hydrogen) atoms. The number of aromatic nitrogens is 2. The molecular weight excluding hydrogens is 362 g/mol. The van der Waals surface area contributed by atoms with Crippen molar-refractivity contribution in [3.05, 3.63) is 42.4 Å². The van der Waals surface area contributed by atoms with Crippen LogP contribution in [0.3, 0.4) is 0 Å². The molecule has 1 fully saturated rings. The topological polar surface area (TPSA) is 46.9 Å². The first-order valence-electron chi connectivity index (χ1n) is 6.37. The lowest BCUT2D eigenvalue weighted by molar-refractivity contribution is 0.534. The average molecular weight is 375 g/mol. The molecule has 0 atom stereocenters. The average Bonchev–Trinajstić information content (AvgIpc) is 3.14. The van der Waals surface area contributed by atoms with Gasteiger partial charge in [-0.15, -0.1) is 11.3 Å². The highest BCUT2D eigenvalue weighted by molar-refractivity contribution is 9.11. The standard InChI is InChI=1S/C13H13BrClN3OS/c14-11-4-3-9(20-11)5-16-12-10(15)6-17-18(13(12)19)7-8-1-2-8/h3-4,6,8,16H,1-2,5,7H2. The summed E-state index contributed by atoms with van der Waals surface area (Å²) in [6, 6.07) is 4.00. The van der Waals surface area contributed by atoms with Crippen LogP contribution in [0.2, 0.25) is 5.02 Å². The maximum absolute atomic E-state index is 12.3. The number of thiophene rings is 1. The van der Waals surface area contributed by atoms with Gasteiger partial charge in [0.15, 0.2) is 0 Å². The van der Waals surface area contributed by atoms with Crippen LogP contribution in [0.4, 0.5) is 5.69 Å². The summed E-state index contributed by atoms with van der Waals surface area (Å²) in [5.41, 5.74) is 0.298. The van der Waals surface area contributed by atoms with Crippen LogP contribution in [0, 0.1) is 5.92 Å². The number of anilines is 1. The fraction of sp³-hybridized carbons (Fsp3) is 0.385. The Hall–Kier alpha value is -0.850. The minimum Gasteiger partial charge on any atom is -0.374 e. The number of nitrogens with zero attached hydrogens (tertiary/aromatic N) is 2. The Labute approximate surface area is 133 Å². The van der Waals surface area contributed by atoms with Crippen molar-refractivity contribution < 1.29 is 0 Å². The van der Waals surface area contributed by atoms with Gasteiger partial charge in [0.05, 0.1) is 15.0 Å². The molecule has 7 heteroatoms. The van der Waals surface area contributed by atoms with E-state index in [9.17, 15) is 4.79 Å². The first-order chi connectivity index (χ1) is 9.63. The summed E-state index contributed by atoms with van der Waals surface area (Å²) < 4.78 is 2.58. The van der Waals surface area contributed by atoms with Gasteiger partial charge >= 0.3 is 0 Å². The van der Waals surface area contributed by atoms with Crippen molar-refractivity contribution in [2.24, 2.45) is 5.92 Å². The van der Waals surface area contributed by atoms with Crippen LogP contribution >= 0.6 is 38.9 Å². The highest BCUT2D eigenvalue weighted by atomic mass is 79.9. The van der Waals surface area contributed by atoms with Crippen LogP contribution in [0.5, 0.6) is 0 Å². The SMILES string of the molecule is O=c1c(NCc2ccc(Br)s2)c(Cl)cnn1CC1CC1. The summed E-state index contributed by atoms with van der Waals surface area (Å²) in [7, 11) is 0. The summed E-state index contributed by atoms with van der Waals surface area (Å²) in [6.45, 7) is 1.27. The Morgan fingerprint density at radius 1 is 1.50 bits per heavy atom. The molecule has 1 saturated carbocycles. The van der Waals surface area contributed by atoms with Crippen molar-refractivity contribution in [2.75, 3.05) is 5.32 Å². The third-order valence-corrected chi connectivity index (χ3v) is 5.10. The molecule has 0 radical (unpaired) electrons. The molecule has 2 aromatic heterocycles. The molecule has 2 heterocycles. The van der Waals surface area contributed by atoms with Gasteiger partial charge in [-0.25, -0.2) is 4.68 Å². The molecule has 1 aliphatic carbocycles. The molecule has 4 nitrogen and oxygen atoms in total. The van der Waals surface area contributed by atoms with Crippen molar-refractivity contribution in [1.29, 1.82) is 0 Å². The van der Waals surface area contributed by atoms with E-state index in [-0.39, 0.29) is 5.56 Å². The fourth-order valence-corrected chi connectivity index (χ4v) is 3.54. The van der Waals surface area contributed by atoms with Gasteiger partial charge in [-0.3, -0.25) is 4.79 Å². The minimum atomic E-state index is -0.139. The Kier molecular flexibility index (Phi) is 4.14. The van der Waals surface area contributed by atoms with Gasteiger partial charge < -0.3 is 5.32 Å². The lowest BCUT2D eigenvalue weighted by Crippen LogP contribution is -2.26. The number of hydrogen-bond donors (Lipinski definition) is 1.